The van der Waals surface area contributed by atoms with Crippen molar-refractivity contribution in [2.45, 2.75) is 104 Å². The second-order valence-electron chi connectivity index (χ2n) is 7.32. The van der Waals surface area contributed by atoms with Crippen molar-refractivity contribution in [3.05, 3.63) is 29.3 Å². The Morgan fingerprint density at radius 3 is 1.85 bits per heavy atom. The fraction of sp³-hybridized carbons (Fsp3) is 0.727. The Labute approximate surface area is 162 Å². The van der Waals surface area contributed by atoms with Crippen molar-refractivity contribution in [3.8, 4) is 5.75 Å². The van der Waals surface area contributed by atoms with E-state index in [2.05, 4.69) is 26.0 Å². The summed E-state index contributed by atoms with van der Waals surface area (Å²) in [6.07, 6.45) is 17.5. The van der Waals surface area contributed by atoms with Crippen molar-refractivity contribution >= 4 is 8.60 Å². The Hall–Kier alpha value is -0.630. The van der Waals surface area contributed by atoms with E-state index in [9.17, 15) is 9.79 Å². The van der Waals surface area contributed by atoms with Gasteiger partial charge in [-0.3, -0.25) is 0 Å². The van der Waals surface area contributed by atoms with Gasteiger partial charge in [-0.2, -0.15) is 0 Å². The highest BCUT2D eigenvalue weighted by Gasteiger charge is 2.10. The Balaban J connectivity index is 2.48. The summed E-state index contributed by atoms with van der Waals surface area (Å²) in [4.78, 5) is 18.4. The molecule has 0 bridgehead atoms. The Morgan fingerprint density at radius 1 is 0.731 bits per heavy atom. The van der Waals surface area contributed by atoms with Crippen LogP contribution in [0.15, 0.2) is 18.2 Å². The van der Waals surface area contributed by atoms with Gasteiger partial charge < -0.3 is 14.3 Å². The first kappa shape index (κ1) is 23.4. The molecule has 0 aliphatic rings. The molecule has 2 N–H and O–H groups in total. The van der Waals surface area contributed by atoms with Crippen LogP contribution in [0.2, 0.25) is 0 Å². The van der Waals surface area contributed by atoms with Crippen molar-refractivity contribution < 1.29 is 14.3 Å². The SMILES string of the molecule is CCCCCCCCc1ccc(OP(O)O)c(CCCCCCCC)c1. The van der Waals surface area contributed by atoms with Gasteiger partial charge in [-0.1, -0.05) is 90.2 Å². The van der Waals surface area contributed by atoms with Crippen LogP contribution in [0.3, 0.4) is 0 Å². The van der Waals surface area contributed by atoms with Crippen LogP contribution in [0.25, 0.3) is 0 Å². The van der Waals surface area contributed by atoms with Crippen LogP contribution >= 0.6 is 8.60 Å². The van der Waals surface area contributed by atoms with Crippen LogP contribution in [0, 0.1) is 0 Å². The molecule has 1 aromatic carbocycles. The summed E-state index contributed by atoms with van der Waals surface area (Å²) in [6.45, 7) is 4.49. The molecule has 4 heteroatoms. The molecule has 0 saturated heterocycles. The first-order chi connectivity index (χ1) is 12.7. The van der Waals surface area contributed by atoms with Crippen molar-refractivity contribution in [1.29, 1.82) is 0 Å². The summed E-state index contributed by atoms with van der Waals surface area (Å²) >= 11 is 0. The standard InChI is InChI=1S/C22H39O3P/c1-3-5-7-9-11-13-15-20-17-18-22(25-26(23)24)21(19-20)16-14-12-10-8-6-4-2/h17-19,23-24H,3-16H2,1-2H3. The number of rotatable bonds is 16. The lowest BCUT2D eigenvalue weighted by Crippen LogP contribution is -1.96. The molecule has 0 heterocycles. The van der Waals surface area contributed by atoms with Crippen LogP contribution in [0.4, 0.5) is 0 Å². The van der Waals surface area contributed by atoms with Crippen LogP contribution in [0.5, 0.6) is 5.75 Å². The van der Waals surface area contributed by atoms with Gasteiger partial charge in [0, 0.05) is 0 Å². The summed E-state index contributed by atoms with van der Waals surface area (Å²) in [5.74, 6) is 0.640. The van der Waals surface area contributed by atoms with E-state index in [4.69, 9.17) is 4.52 Å². The van der Waals surface area contributed by atoms with Crippen molar-refractivity contribution in [1.82, 2.24) is 0 Å². The Kier molecular flexibility index (Phi) is 13.9. The fourth-order valence-corrected chi connectivity index (χ4v) is 3.72. The molecule has 0 spiro atoms. The molecule has 150 valence electrons. The first-order valence-corrected chi connectivity index (χ1v) is 11.8. The number of unbranched alkanes of at least 4 members (excludes halogenated alkanes) is 10. The monoisotopic (exact) mass is 382 g/mol. The maximum Gasteiger partial charge on any atom is 0.391 e. The Morgan fingerprint density at radius 2 is 1.27 bits per heavy atom. The summed E-state index contributed by atoms with van der Waals surface area (Å²) in [5.41, 5.74) is 2.47. The van der Waals surface area contributed by atoms with Crippen molar-refractivity contribution in [3.63, 3.8) is 0 Å². The van der Waals surface area contributed by atoms with Gasteiger partial charge in [-0.25, -0.2) is 0 Å². The molecular formula is C22H39O3P. The highest BCUT2D eigenvalue weighted by Crippen LogP contribution is 2.33. The average Bonchev–Trinajstić information content (AvgIpc) is 2.62. The molecule has 0 saturated carbocycles. The molecule has 3 nitrogen and oxygen atoms in total. The van der Waals surface area contributed by atoms with Gasteiger partial charge in [-0.05, 0) is 42.9 Å². The zero-order valence-corrected chi connectivity index (χ0v) is 17.8. The number of benzene rings is 1. The third-order valence-electron chi connectivity index (χ3n) is 4.92. The summed E-state index contributed by atoms with van der Waals surface area (Å²) < 4.78 is 5.24. The molecular weight excluding hydrogens is 343 g/mol. The first-order valence-electron chi connectivity index (χ1n) is 10.6. The van der Waals surface area contributed by atoms with E-state index in [-0.39, 0.29) is 0 Å². The van der Waals surface area contributed by atoms with Gasteiger partial charge in [0.1, 0.15) is 5.75 Å². The maximum atomic E-state index is 9.21. The molecule has 0 atom stereocenters. The molecule has 26 heavy (non-hydrogen) atoms. The van der Waals surface area contributed by atoms with E-state index < -0.39 is 8.60 Å². The van der Waals surface area contributed by atoms with E-state index in [0.717, 1.165) is 24.8 Å². The van der Waals surface area contributed by atoms with E-state index in [0.29, 0.717) is 5.75 Å². The quantitative estimate of drug-likeness (QED) is 0.237. The molecule has 0 aliphatic carbocycles. The zero-order chi connectivity index (χ0) is 19.0. The molecule has 0 radical (unpaired) electrons. The topological polar surface area (TPSA) is 49.7 Å². The average molecular weight is 383 g/mol. The van der Waals surface area contributed by atoms with E-state index in [1.807, 2.05) is 6.07 Å². The zero-order valence-electron chi connectivity index (χ0n) is 16.9. The predicted octanol–water partition coefficient (Wildman–Crippen LogP) is 7.08. The normalized spacial score (nSPS) is 11.3. The molecule has 0 aliphatic heterocycles. The number of hydrogen-bond donors (Lipinski definition) is 2. The second kappa shape index (κ2) is 15.4. The number of hydrogen-bond acceptors (Lipinski definition) is 3. The summed E-state index contributed by atoms with van der Waals surface area (Å²) in [5, 5.41) is 0. The van der Waals surface area contributed by atoms with E-state index >= 15 is 0 Å². The van der Waals surface area contributed by atoms with Gasteiger partial charge >= 0.3 is 8.60 Å². The fourth-order valence-electron chi connectivity index (χ4n) is 3.37. The van der Waals surface area contributed by atoms with E-state index in [1.165, 1.54) is 76.2 Å². The Bertz CT molecular complexity index is 463. The lowest BCUT2D eigenvalue weighted by atomic mass is 9.99. The van der Waals surface area contributed by atoms with Crippen molar-refractivity contribution in [2.75, 3.05) is 0 Å². The smallest absolute Gasteiger partial charge is 0.391 e. The van der Waals surface area contributed by atoms with Gasteiger partial charge in [0.05, 0.1) is 0 Å². The molecule has 0 unspecified atom stereocenters. The highest BCUT2D eigenvalue weighted by molar-refractivity contribution is 7.39. The van der Waals surface area contributed by atoms with Crippen LogP contribution in [-0.4, -0.2) is 9.79 Å². The van der Waals surface area contributed by atoms with Crippen LogP contribution in [-0.2, 0) is 12.8 Å². The van der Waals surface area contributed by atoms with Gasteiger partial charge in [0.2, 0.25) is 0 Å². The largest absolute Gasteiger partial charge is 0.427 e. The van der Waals surface area contributed by atoms with Crippen LogP contribution < -0.4 is 4.52 Å². The van der Waals surface area contributed by atoms with Crippen LogP contribution in [0.1, 0.15) is 102 Å². The molecule has 0 amide bonds. The van der Waals surface area contributed by atoms with Crippen molar-refractivity contribution in [2.24, 2.45) is 0 Å². The third kappa shape index (κ3) is 11.2. The highest BCUT2D eigenvalue weighted by atomic mass is 31.2. The molecule has 0 fully saturated rings. The van der Waals surface area contributed by atoms with Gasteiger partial charge in [-0.15, -0.1) is 0 Å². The van der Waals surface area contributed by atoms with Gasteiger partial charge in [0.15, 0.2) is 0 Å². The van der Waals surface area contributed by atoms with E-state index in [1.54, 1.807) is 0 Å². The maximum absolute atomic E-state index is 9.21. The molecule has 1 aromatic rings. The second-order valence-corrected chi connectivity index (χ2v) is 8.01. The molecule has 1 rings (SSSR count). The predicted molar refractivity (Wildman–Crippen MR) is 113 cm³/mol. The lowest BCUT2D eigenvalue weighted by molar-refractivity contribution is 0.373. The lowest BCUT2D eigenvalue weighted by Gasteiger charge is -2.13. The number of aryl methyl sites for hydroxylation is 2. The minimum atomic E-state index is -2.35. The molecule has 0 aromatic heterocycles. The third-order valence-corrected chi connectivity index (χ3v) is 5.28. The summed E-state index contributed by atoms with van der Waals surface area (Å²) in [6, 6.07) is 6.21. The minimum Gasteiger partial charge on any atom is -0.427 e. The van der Waals surface area contributed by atoms with Gasteiger partial charge in [0.25, 0.3) is 0 Å². The summed E-state index contributed by atoms with van der Waals surface area (Å²) in [7, 11) is -2.35. The minimum absolute atomic E-state index is 0.640.